The van der Waals surface area contributed by atoms with Gasteiger partial charge in [0.05, 0.1) is 12.2 Å². The van der Waals surface area contributed by atoms with Crippen molar-refractivity contribution in [2.75, 3.05) is 26.2 Å². The summed E-state index contributed by atoms with van der Waals surface area (Å²) in [6.45, 7) is 6.52. The Morgan fingerprint density at radius 2 is 1.73 bits per heavy atom. The van der Waals surface area contributed by atoms with Crippen molar-refractivity contribution >= 4 is 22.6 Å². The second-order valence-electron chi connectivity index (χ2n) is 7.61. The van der Waals surface area contributed by atoms with Crippen LogP contribution < -0.4 is 0 Å². The van der Waals surface area contributed by atoms with Crippen LogP contribution in [0.25, 0.3) is 10.8 Å². The molecule has 1 aliphatic heterocycles. The Labute approximate surface area is 176 Å². The molecule has 1 saturated heterocycles. The molecule has 0 aliphatic carbocycles. The lowest BCUT2D eigenvalue weighted by atomic mass is 10.0. The largest absolute Gasteiger partial charge is 0.338 e. The molecule has 0 atom stereocenters. The van der Waals surface area contributed by atoms with E-state index in [2.05, 4.69) is 10.3 Å². The Kier molecular flexibility index (Phi) is 5.79. The maximum Gasteiger partial charge on any atom is 0.276 e. The third kappa shape index (κ3) is 3.79. The number of nitrogens with zero attached hydrogens (tertiary/aromatic N) is 5. The normalized spacial score (nSPS) is 14.8. The fraction of sp³-hybridized carbons (Fsp3) is 0.391. The van der Waals surface area contributed by atoms with Gasteiger partial charge in [0.2, 0.25) is 0 Å². The maximum atomic E-state index is 13.1. The van der Waals surface area contributed by atoms with Crippen molar-refractivity contribution < 1.29 is 9.59 Å². The van der Waals surface area contributed by atoms with Crippen molar-refractivity contribution in [1.82, 2.24) is 24.8 Å². The number of hydrogen-bond acceptors (Lipinski definition) is 4. The second kappa shape index (κ2) is 8.65. The number of benzene rings is 2. The molecule has 3 aromatic rings. The molecule has 4 rings (SSSR count). The molecular formula is C23H27N5O2. The van der Waals surface area contributed by atoms with Crippen molar-refractivity contribution in [2.45, 2.75) is 32.7 Å². The predicted octanol–water partition coefficient (Wildman–Crippen LogP) is 3.39. The molecule has 0 radical (unpaired) electrons. The number of piperidine rings is 1. The smallest absolute Gasteiger partial charge is 0.276 e. The number of aromatic nitrogens is 3. The van der Waals surface area contributed by atoms with Gasteiger partial charge in [0.15, 0.2) is 5.69 Å². The molecule has 1 aliphatic rings. The Morgan fingerprint density at radius 1 is 1.03 bits per heavy atom. The molecular weight excluding hydrogens is 378 g/mol. The van der Waals surface area contributed by atoms with E-state index in [1.807, 2.05) is 61.2 Å². The summed E-state index contributed by atoms with van der Waals surface area (Å²) in [5, 5.41) is 10.3. The summed E-state index contributed by atoms with van der Waals surface area (Å²) in [7, 11) is 0. The van der Waals surface area contributed by atoms with E-state index < -0.39 is 0 Å². The molecule has 1 aromatic heterocycles. The molecule has 7 nitrogen and oxygen atoms in total. The van der Waals surface area contributed by atoms with E-state index in [-0.39, 0.29) is 17.9 Å². The lowest BCUT2D eigenvalue weighted by molar-refractivity contribution is 0.0691. The van der Waals surface area contributed by atoms with Crippen LogP contribution in [-0.4, -0.2) is 62.8 Å². The van der Waals surface area contributed by atoms with Crippen molar-refractivity contribution in [3.8, 4) is 0 Å². The molecule has 0 bridgehead atoms. The van der Waals surface area contributed by atoms with Crippen LogP contribution in [0.2, 0.25) is 0 Å². The highest BCUT2D eigenvalue weighted by Gasteiger charge is 2.27. The van der Waals surface area contributed by atoms with Gasteiger partial charge in [-0.15, -0.1) is 5.10 Å². The van der Waals surface area contributed by atoms with Gasteiger partial charge in [-0.05, 0) is 43.5 Å². The standard InChI is InChI=1S/C23H27N5O2/c1-3-26(4-2)23(30)21-16-28(25-24-21)18-12-14-27(15-13-18)22(29)20-11-7-9-17-8-5-6-10-19(17)20/h5-11,16,18H,3-4,12-15H2,1-2H3. The van der Waals surface area contributed by atoms with E-state index >= 15 is 0 Å². The molecule has 7 heteroatoms. The second-order valence-corrected chi connectivity index (χ2v) is 7.61. The number of hydrogen-bond donors (Lipinski definition) is 0. The minimum Gasteiger partial charge on any atom is -0.338 e. The molecule has 2 heterocycles. The summed E-state index contributed by atoms with van der Waals surface area (Å²) < 4.78 is 1.79. The molecule has 2 amide bonds. The summed E-state index contributed by atoms with van der Waals surface area (Å²) in [4.78, 5) is 29.2. The lowest BCUT2D eigenvalue weighted by Crippen LogP contribution is -2.39. The Hall–Kier alpha value is -3.22. The van der Waals surface area contributed by atoms with Gasteiger partial charge < -0.3 is 9.80 Å². The number of carbonyl (C=O) groups is 2. The fourth-order valence-electron chi connectivity index (χ4n) is 4.14. The zero-order valence-corrected chi connectivity index (χ0v) is 17.5. The van der Waals surface area contributed by atoms with Gasteiger partial charge in [-0.25, -0.2) is 4.68 Å². The monoisotopic (exact) mass is 405 g/mol. The Morgan fingerprint density at radius 3 is 2.47 bits per heavy atom. The van der Waals surface area contributed by atoms with Crippen LogP contribution >= 0.6 is 0 Å². The third-order valence-corrected chi connectivity index (χ3v) is 5.93. The van der Waals surface area contributed by atoms with Crippen molar-refractivity contribution in [3.05, 3.63) is 59.9 Å². The number of amides is 2. The van der Waals surface area contributed by atoms with Gasteiger partial charge in [0, 0.05) is 31.7 Å². The van der Waals surface area contributed by atoms with Crippen molar-refractivity contribution in [2.24, 2.45) is 0 Å². The average molecular weight is 406 g/mol. The van der Waals surface area contributed by atoms with E-state index in [0.717, 1.165) is 29.2 Å². The first-order valence-corrected chi connectivity index (χ1v) is 10.6. The molecule has 0 N–H and O–H groups in total. The van der Waals surface area contributed by atoms with Crippen molar-refractivity contribution in [1.29, 1.82) is 0 Å². The summed E-state index contributed by atoms with van der Waals surface area (Å²) in [6.07, 6.45) is 3.32. The van der Waals surface area contributed by atoms with Gasteiger partial charge in [-0.3, -0.25) is 9.59 Å². The SMILES string of the molecule is CCN(CC)C(=O)c1cn(C2CCN(C(=O)c3cccc4ccccc34)CC2)nn1. The first-order chi connectivity index (χ1) is 14.6. The Bertz CT molecular complexity index is 1040. The molecule has 1 fully saturated rings. The lowest BCUT2D eigenvalue weighted by Gasteiger charge is -2.32. The van der Waals surface area contributed by atoms with Gasteiger partial charge in [0.25, 0.3) is 11.8 Å². The average Bonchev–Trinajstić information content (AvgIpc) is 3.29. The van der Waals surface area contributed by atoms with Gasteiger partial charge in [-0.2, -0.15) is 0 Å². The summed E-state index contributed by atoms with van der Waals surface area (Å²) in [5.41, 5.74) is 1.13. The number of carbonyl (C=O) groups excluding carboxylic acids is 2. The van der Waals surface area contributed by atoms with E-state index in [4.69, 9.17) is 0 Å². The van der Waals surface area contributed by atoms with Crippen LogP contribution in [0.3, 0.4) is 0 Å². The quantitative estimate of drug-likeness (QED) is 0.652. The minimum atomic E-state index is -0.0881. The number of likely N-dealkylation sites (tertiary alicyclic amines) is 1. The zero-order chi connectivity index (χ0) is 21.1. The van der Waals surface area contributed by atoms with E-state index in [0.29, 0.717) is 31.9 Å². The molecule has 30 heavy (non-hydrogen) atoms. The predicted molar refractivity (Wildman–Crippen MR) is 115 cm³/mol. The van der Waals surface area contributed by atoms with Gasteiger partial charge in [0.1, 0.15) is 0 Å². The van der Waals surface area contributed by atoms with Gasteiger partial charge >= 0.3 is 0 Å². The maximum absolute atomic E-state index is 13.1. The first-order valence-electron chi connectivity index (χ1n) is 10.6. The molecule has 2 aromatic carbocycles. The number of rotatable bonds is 5. The summed E-state index contributed by atoms with van der Waals surface area (Å²) in [5.74, 6) is -0.0175. The summed E-state index contributed by atoms with van der Waals surface area (Å²) >= 11 is 0. The van der Waals surface area contributed by atoms with Crippen LogP contribution in [0.5, 0.6) is 0 Å². The fourth-order valence-corrected chi connectivity index (χ4v) is 4.14. The minimum absolute atomic E-state index is 0.0706. The summed E-state index contributed by atoms with van der Waals surface area (Å²) in [6, 6.07) is 14.0. The van der Waals surface area contributed by atoms with Crippen molar-refractivity contribution in [3.63, 3.8) is 0 Å². The van der Waals surface area contributed by atoms with E-state index in [1.165, 1.54) is 0 Å². The van der Waals surface area contributed by atoms with Crippen LogP contribution in [0.15, 0.2) is 48.7 Å². The van der Waals surface area contributed by atoms with E-state index in [1.54, 1.807) is 15.8 Å². The molecule has 0 saturated carbocycles. The molecule has 0 spiro atoms. The topological polar surface area (TPSA) is 71.3 Å². The molecule has 0 unspecified atom stereocenters. The van der Waals surface area contributed by atoms with Gasteiger partial charge in [-0.1, -0.05) is 41.6 Å². The third-order valence-electron chi connectivity index (χ3n) is 5.93. The van der Waals surface area contributed by atoms with Crippen LogP contribution in [0.4, 0.5) is 0 Å². The van der Waals surface area contributed by atoms with E-state index in [9.17, 15) is 9.59 Å². The zero-order valence-electron chi connectivity index (χ0n) is 17.5. The highest BCUT2D eigenvalue weighted by molar-refractivity contribution is 6.07. The number of fused-ring (bicyclic) bond motifs is 1. The van der Waals surface area contributed by atoms with Crippen LogP contribution in [-0.2, 0) is 0 Å². The first kappa shape index (κ1) is 20.1. The van der Waals surface area contributed by atoms with Crippen LogP contribution in [0, 0.1) is 0 Å². The molecule has 156 valence electrons. The Balaban J connectivity index is 1.43. The highest BCUT2D eigenvalue weighted by Crippen LogP contribution is 2.25. The highest BCUT2D eigenvalue weighted by atomic mass is 16.2. The van der Waals surface area contributed by atoms with Crippen LogP contribution in [0.1, 0.15) is 53.6 Å².